The number of anilines is 1. The molecule has 1 aromatic carbocycles. The Labute approximate surface area is 193 Å². The molecule has 1 aromatic heterocycles. The maximum absolute atomic E-state index is 13.5. The minimum atomic E-state index is -0.850. The van der Waals surface area contributed by atoms with Gasteiger partial charge in [-0.15, -0.1) is 5.10 Å². The van der Waals surface area contributed by atoms with Crippen LogP contribution in [0.1, 0.15) is 50.3 Å². The van der Waals surface area contributed by atoms with Crippen LogP contribution in [0.3, 0.4) is 0 Å². The quantitative estimate of drug-likeness (QED) is 0.244. The minimum absolute atomic E-state index is 0.121. The lowest BCUT2D eigenvalue weighted by Crippen LogP contribution is -2.30. The van der Waals surface area contributed by atoms with Crippen LogP contribution in [0.15, 0.2) is 35.4 Å². The largest absolute Gasteiger partial charge is 0.393 e. The van der Waals surface area contributed by atoms with Crippen LogP contribution in [-0.2, 0) is 4.79 Å². The molecule has 0 radical (unpaired) electrons. The van der Waals surface area contributed by atoms with Gasteiger partial charge in [0.25, 0.3) is 0 Å². The number of aliphatic hydroxyl groups is 1. The van der Waals surface area contributed by atoms with E-state index in [-0.39, 0.29) is 24.1 Å². The molecule has 1 heterocycles. The molecule has 178 valence electrons. The number of allylic oxidation sites excluding steroid dienone is 1. The monoisotopic (exact) mass is 457 g/mol. The average molecular weight is 458 g/mol. The topological polar surface area (TPSA) is 143 Å². The molecule has 0 saturated heterocycles. The molecule has 0 spiro atoms. The average Bonchev–Trinajstić information content (AvgIpc) is 2.75. The molecular formula is C23H32FN7O2. The molecule has 0 saturated carbocycles. The van der Waals surface area contributed by atoms with Gasteiger partial charge in [0.05, 0.1) is 23.9 Å². The molecule has 0 bridgehead atoms. The van der Waals surface area contributed by atoms with Crippen LogP contribution in [0.4, 0.5) is 10.3 Å². The Kier molecular flexibility index (Phi) is 9.29. The number of hydrazone groups is 1. The van der Waals surface area contributed by atoms with E-state index in [2.05, 4.69) is 10.5 Å². The molecule has 1 atom stereocenters. The van der Waals surface area contributed by atoms with Crippen LogP contribution in [-0.4, -0.2) is 47.1 Å². The lowest BCUT2D eigenvalue weighted by molar-refractivity contribution is -0.123. The number of rotatable bonds is 10. The number of nitrogens with one attached hydrogen (secondary N) is 1. The summed E-state index contributed by atoms with van der Waals surface area (Å²) in [5, 5.41) is 13.5. The third-order valence-electron chi connectivity index (χ3n) is 4.71. The third kappa shape index (κ3) is 7.83. The lowest BCUT2D eigenvalue weighted by atomic mass is 9.97. The second-order valence-electron chi connectivity index (χ2n) is 8.14. The van der Waals surface area contributed by atoms with Gasteiger partial charge in [-0.05, 0) is 43.0 Å². The number of hydrogen-bond donors (Lipinski definition) is 4. The Bertz CT molecular complexity index is 1000. The molecule has 1 unspecified atom stereocenters. The van der Waals surface area contributed by atoms with E-state index in [1.165, 1.54) is 12.1 Å². The van der Waals surface area contributed by atoms with E-state index in [9.17, 15) is 14.3 Å². The number of nitrogens with two attached hydrogens (primary N) is 2. The number of hydrogen-bond acceptors (Lipinski definition) is 6. The maximum atomic E-state index is 13.5. The van der Waals surface area contributed by atoms with Crippen LogP contribution in [0, 0.1) is 5.82 Å². The van der Waals surface area contributed by atoms with Gasteiger partial charge in [-0.2, -0.15) is 0 Å². The van der Waals surface area contributed by atoms with E-state index < -0.39 is 12.0 Å². The molecule has 2 aromatic rings. The van der Waals surface area contributed by atoms with E-state index in [1.807, 2.05) is 45.0 Å². The maximum Gasteiger partial charge on any atom is 0.242 e. The van der Waals surface area contributed by atoms with Crippen LogP contribution < -0.4 is 21.8 Å². The number of benzene rings is 1. The number of carbonyl (C=O) groups excluding carboxylic acids is 1. The Hall–Kier alpha value is -3.53. The number of guanidine groups is 1. The van der Waals surface area contributed by atoms with Crippen molar-refractivity contribution >= 4 is 23.9 Å². The van der Waals surface area contributed by atoms with Gasteiger partial charge in [0, 0.05) is 25.2 Å². The summed E-state index contributed by atoms with van der Waals surface area (Å²) in [6.45, 7) is 4.10. The van der Waals surface area contributed by atoms with Crippen molar-refractivity contribution in [3.8, 4) is 11.3 Å². The van der Waals surface area contributed by atoms with Gasteiger partial charge < -0.3 is 21.5 Å². The molecular weight excluding hydrogens is 425 g/mol. The Balaban J connectivity index is 2.25. The third-order valence-corrected chi connectivity index (χ3v) is 4.71. The number of aromatic nitrogens is 2. The molecule has 9 nitrogen and oxygen atoms in total. The molecule has 0 aliphatic heterocycles. The summed E-state index contributed by atoms with van der Waals surface area (Å²) in [7, 11) is 3.74. The zero-order chi connectivity index (χ0) is 24.5. The number of amides is 1. The lowest BCUT2D eigenvalue weighted by Gasteiger charge is -2.19. The van der Waals surface area contributed by atoms with E-state index in [0.29, 0.717) is 24.5 Å². The summed E-state index contributed by atoms with van der Waals surface area (Å²) in [6, 6.07) is 6.19. The van der Waals surface area contributed by atoms with Crippen molar-refractivity contribution < 1.29 is 14.3 Å². The van der Waals surface area contributed by atoms with Crippen LogP contribution in [0.5, 0.6) is 0 Å². The van der Waals surface area contributed by atoms with Crippen molar-refractivity contribution in [2.45, 2.75) is 45.1 Å². The van der Waals surface area contributed by atoms with Gasteiger partial charge in [-0.1, -0.05) is 26.0 Å². The summed E-state index contributed by atoms with van der Waals surface area (Å²) in [5.74, 6) is -0.373. The van der Waals surface area contributed by atoms with Crippen LogP contribution in [0.25, 0.3) is 17.3 Å². The SMILES string of the molecule is CC(C)c1nc(N(C)C)nc(-c2ccc(F)cc2)c1/C=C/CCC(O)CC(=O)NN=C(N)N. The smallest absolute Gasteiger partial charge is 0.242 e. The normalized spacial score (nSPS) is 12.1. The highest BCUT2D eigenvalue weighted by Gasteiger charge is 2.18. The molecule has 0 aliphatic carbocycles. The van der Waals surface area contributed by atoms with Crippen molar-refractivity contribution in [1.82, 2.24) is 15.4 Å². The highest BCUT2D eigenvalue weighted by Crippen LogP contribution is 2.31. The van der Waals surface area contributed by atoms with Crippen molar-refractivity contribution in [2.24, 2.45) is 16.6 Å². The number of carbonyl (C=O) groups is 1. The molecule has 2 rings (SSSR count). The first-order valence-corrected chi connectivity index (χ1v) is 10.7. The second kappa shape index (κ2) is 11.9. The summed E-state index contributed by atoms with van der Waals surface area (Å²) < 4.78 is 13.5. The van der Waals surface area contributed by atoms with E-state index in [4.69, 9.17) is 21.4 Å². The molecule has 10 heteroatoms. The van der Waals surface area contributed by atoms with Crippen molar-refractivity contribution in [3.05, 3.63) is 47.4 Å². The highest BCUT2D eigenvalue weighted by molar-refractivity contribution is 5.80. The summed E-state index contributed by atoms with van der Waals surface area (Å²) >= 11 is 0. The van der Waals surface area contributed by atoms with Crippen molar-refractivity contribution in [3.63, 3.8) is 0 Å². The first kappa shape index (κ1) is 25.7. The first-order valence-electron chi connectivity index (χ1n) is 10.7. The number of nitrogens with zero attached hydrogens (tertiary/aromatic N) is 4. The molecule has 1 amide bonds. The Morgan fingerprint density at radius 2 is 1.91 bits per heavy atom. The van der Waals surface area contributed by atoms with Crippen molar-refractivity contribution in [1.29, 1.82) is 0 Å². The van der Waals surface area contributed by atoms with Crippen LogP contribution >= 0.6 is 0 Å². The predicted octanol–water partition coefficient (Wildman–Crippen LogP) is 2.32. The van der Waals surface area contributed by atoms with Gasteiger partial charge in [0.2, 0.25) is 17.8 Å². The second-order valence-corrected chi connectivity index (χ2v) is 8.14. The van der Waals surface area contributed by atoms with Gasteiger partial charge in [-0.25, -0.2) is 19.8 Å². The molecule has 6 N–H and O–H groups in total. The van der Waals surface area contributed by atoms with E-state index >= 15 is 0 Å². The minimum Gasteiger partial charge on any atom is -0.393 e. The van der Waals surface area contributed by atoms with Gasteiger partial charge in [0.15, 0.2) is 0 Å². The zero-order valence-electron chi connectivity index (χ0n) is 19.4. The van der Waals surface area contributed by atoms with E-state index in [0.717, 1.165) is 16.8 Å². The molecule has 0 fully saturated rings. The fourth-order valence-electron chi connectivity index (χ4n) is 3.09. The van der Waals surface area contributed by atoms with E-state index in [1.54, 1.807) is 12.1 Å². The highest BCUT2D eigenvalue weighted by atomic mass is 19.1. The summed E-state index contributed by atoms with van der Waals surface area (Å²) in [5.41, 5.74) is 15.7. The fraction of sp³-hybridized carbons (Fsp3) is 0.391. The van der Waals surface area contributed by atoms with Crippen LogP contribution in [0.2, 0.25) is 0 Å². The fourth-order valence-corrected chi connectivity index (χ4v) is 3.09. The zero-order valence-corrected chi connectivity index (χ0v) is 19.4. The number of aliphatic hydroxyl groups excluding tert-OH is 1. The first-order chi connectivity index (χ1) is 15.6. The Morgan fingerprint density at radius 1 is 1.24 bits per heavy atom. The van der Waals surface area contributed by atoms with Crippen molar-refractivity contribution in [2.75, 3.05) is 19.0 Å². The van der Waals surface area contributed by atoms with Gasteiger partial charge >= 0.3 is 0 Å². The standard InChI is InChI=1S/C23H32FN7O2/c1-14(2)20-18(8-6-5-7-17(32)13-19(33)29-30-22(25)26)21(28-23(27-20)31(3)4)15-9-11-16(24)12-10-15/h6,8-12,14,17,32H,5,7,13H2,1-4H3,(H,29,33)(H4,25,26,30)/b8-6+. The Morgan fingerprint density at radius 3 is 2.48 bits per heavy atom. The predicted molar refractivity (Wildman–Crippen MR) is 129 cm³/mol. The van der Waals surface area contributed by atoms with Gasteiger partial charge in [-0.3, -0.25) is 4.79 Å². The molecule has 33 heavy (non-hydrogen) atoms. The summed E-state index contributed by atoms with van der Waals surface area (Å²) in [4.78, 5) is 22.9. The summed E-state index contributed by atoms with van der Waals surface area (Å²) in [6.07, 6.45) is 3.74. The van der Waals surface area contributed by atoms with Gasteiger partial charge in [0.1, 0.15) is 5.82 Å². The molecule has 0 aliphatic rings. The number of halogens is 1.